The Labute approximate surface area is 268 Å². The van der Waals surface area contributed by atoms with E-state index < -0.39 is 6.04 Å². The normalized spacial score (nSPS) is 23.6. The summed E-state index contributed by atoms with van der Waals surface area (Å²) in [7, 11) is 0. The molecule has 3 fully saturated rings. The molecule has 6 rings (SSSR count). The lowest BCUT2D eigenvalue weighted by atomic mass is 9.95. The van der Waals surface area contributed by atoms with Gasteiger partial charge in [0.1, 0.15) is 6.04 Å². The fourth-order valence-corrected chi connectivity index (χ4v) is 7.64. The molecule has 238 valence electrons. The second kappa shape index (κ2) is 14.3. The summed E-state index contributed by atoms with van der Waals surface area (Å²) in [6, 6.07) is 15.8. The summed E-state index contributed by atoms with van der Waals surface area (Å²) in [5, 5.41) is 7.23. The van der Waals surface area contributed by atoms with Crippen molar-refractivity contribution in [3.05, 3.63) is 70.2 Å². The van der Waals surface area contributed by atoms with Crippen molar-refractivity contribution in [2.45, 2.75) is 89.5 Å². The fourth-order valence-electron chi connectivity index (χ4n) is 7.52. The monoisotopic (exact) mass is 619 g/mol. The Balaban J connectivity index is 1.12. The fraction of sp³-hybridized carbons (Fsp3) is 0.611. The van der Waals surface area contributed by atoms with Crippen LogP contribution in [0, 0.1) is 11.8 Å². The van der Waals surface area contributed by atoms with E-state index in [2.05, 4.69) is 46.4 Å². The van der Waals surface area contributed by atoms with E-state index in [0.717, 1.165) is 37.5 Å². The Hall–Kier alpha value is -2.45. The Kier molecular flexibility index (Phi) is 10.3. The summed E-state index contributed by atoms with van der Waals surface area (Å²) in [4.78, 5) is 35.2. The topological polar surface area (TPSA) is 67.9 Å². The standard InChI is InChI=1S/C36H50ClN5O2/c1-25(2)22-42(31-13-16-40(17-14-31)23-27-7-8-27)32-15-18-41(24-32)36(44)34(19-26-9-11-30(37)12-10-26)39-35(43)33-20-28-5-3-4-6-29(28)21-38-33/h3-6,9-12,25,27,31-34,38H,7-8,13-24H2,1-2H3,(H,39,43)/t32-,33+,34+/m0/s1. The summed E-state index contributed by atoms with van der Waals surface area (Å²) in [6.45, 7) is 11.5. The van der Waals surface area contributed by atoms with Crippen LogP contribution >= 0.6 is 11.6 Å². The van der Waals surface area contributed by atoms with Gasteiger partial charge in [0.05, 0.1) is 6.04 Å². The summed E-state index contributed by atoms with van der Waals surface area (Å²) in [5.74, 6) is 1.44. The molecular weight excluding hydrogens is 570 g/mol. The summed E-state index contributed by atoms with van der Waals surface area (Å²) >= 11 is 6.16. The highest BCUT2D eigenvalue weighted by Crippen LogP contribution is 2.32. The maximum atomic E-state index is 14.2. The molecule has 2 aromatic carbocycles. The number of hydrogen-bond acceptors (Lipinski definition) is 5. The van der Waals surface area contributed by atoms with E-state index in [1.807, 2.05) is 41.3 Å². The van der Waals surface area contributed by atoms with Crippen LogP contribution in [-0.4, -0.2) is 89.9 Å². The first-order valence-corrected chi connectivity index (χ1v) is 17.3. The van der Waals surface area contributed by atoms with E-state index >= 15 is 0 Å². The van der Waals surface area contributed by atoms with Crippen molar-refractivity contribution in [1.29, 1.82) is 0 Å². The molecule has 2 saturated heterocycles. The molecule has 44 heavy (non-hydrogen) atoms. The highest BCUT2D eigenvalue weighted by molar-refractivity contribution is 6.30. The lowest BCUT2D eigenvalue weighted by Gasteiger charge is -2.42. The third kappa shape index (κ3) is 8.03. The lowest BCUT2D eigenvalue weighted by molar-refractivity contribution is -0.136. The Morgan fingerprint density at radius 2 is 1.66 bits per heavy atom. The molecule has 2 aromatic rings. The summed E-state index contributed by atoms with van der Waals surface area (Å²) in [6.07, 6.45) is 7.32. The molecule has 0 aromatic heterocycles. The number of halogens is 1. The van der Waals surface area contributed by atoms with Gasteiger partial charge in [-0.05, 0) is 92.3 Å². The molecule has 1 saturated carbocycles. The van der Waals surface area contributed by atoms with E-state index in [9.17, 15) is 9.59 Å². The molecule has 2 N–H and O–H groups in total. The second-order valence-electron chi connectivity index (χ2n) is 14.1. The van der Waals surface area contributed by atoms with Crippen LogP contribution in [0.2, 0.25) is 5.02 Å². The molecule has 3 heterocycles. The summed E-state index contributed by atoms with van der Waals surface area (Å²) < 4.78 is 0. The van der Waals surface area contributed by atoms with Gasteiger partial charge in [-0.15, -0.1) is 0 Å². The van der Waals surface area contributed by atoms with Gasteiger partial charge in [-0.25, -0.2) is 0 Å². The number of amides is 2. The SMILES string of the molecule is CC(C)CN(C1CCN(CC2CC2)CC1)[C@H]1CCN(C(=O)[C@@H](Cc2ccc(Cl)cc2)NC(=O)[C@H]2Cc3ccccc3CN2)C1. The number of rotatable bonds is 11. The first-order chi connectivity index (χ1) is 21.3. The van der Waals surface area contributed by atoms with Crippen molar-refractivity contribution in [2.24, 2.45) is 11.8 Å². The number of hydrogen-bond donors (Lipinski definition) is 2. The van der Waals surface area contributed by atoms with Crippen LogP contribution in [0.1, 0.15) is 62.6 Å². The molecule has 2 amide bonds. The van der Waals surface area contributed by atoms with Crippen LogP contribution in [0.15, 0.2) is 48.5 Å². The second-order valence-corrected chi connectivity index (χ2v) is 14.5. The maximum absolute atomic E-state index is 14.2. The number of nitrogens with one attached hydrogen (secondary N) is 2. The van der Waals surface area contributed by atoms with Crippen molar-refractivity contribution in [3.8, 4) is 0 Å². The van der Waals surface area contributed by atoms with E-state index in [-0.39, 0.29) is 17.9 Å². The van der Waals surface area contributed by atoms with E-state index in [1.54, 1.807) is 0 Å². The molecule has 0 unspecified atom stereocenters. The van der Waals surface area contributed by atoms with E-state index in [4.69, 9.17) is 11.6 Å². The minimum Gasteiger partial charge on any atom is -0.343 e. The van der Waals surface area contributed by atoms with Gasteiger partial charge in [0.25, 0.3) is 0 Å². The average Bonchev–Trinajstić information content (AvgIpc) is 3.71. The van der Waals surface area contributed by atoms with Gasteiger partial charge in [-0.2, -0.15) is 0 Å². The van der Waals surface area contributed by atoms with Crippen LogP contribution in [0.25, 0.3) is 0 Å². The average molecular weight is 620 g/mol. The maximum Gasteiger partial charge on any atom is 0.245 e. The predicted molar refractivity (Wildman–Crippen MR) is 177 cm³/mol. The van der Waals surface area contributed by atoms with Gasteiger partial charge in [0, 0.05) is 56.3 Å². The van der Waals surface area contributed by atoms with E-state index in [0.29, 0.717) is 42.4 Å². The number of benzene rings is 2. The molecule has 7 nitrogen and oxygen atoms in total. The molecule has 8 heteroatoms. The number of fused-ring (bicyclic) bond motifs is 1. The molecule has 3 aliphatic heterocycles. The van der Waals surface area contributed by atoms with E-state index in [1.165, 1.54) is 56.4 Å². The van der Waals surface area contributed by atoms with Gasteiger partial charge in [-0.3, -0.25) is 14.5 Å². The van der Waals surface area contributed by atoms with Crippen LogP contribution < -0.4 is 10.6 Å². The van der Waals surface area contributed by atoms with Crippen LogP contribution in [-0.2, 0) is 29.0 Å². The van der Waals surface area contributed by atoms with Crippen molar-refractivity contribution < 1.29 is 9.59 Å². The lowest BCUT2D eigenvalue weighted by Crippen LogP contribution is -2.56. The quantitative estimate of drug-likeness (QED) is 0.387. The highest BCUT2D eigenvalue weighted by atomic mass is 35.5. The number of piperidine rings is 1. The zero-order chi connectivity index (χ0) is 30.6. The molecule has 0 bridgehead atoms. The van der Waals surface area contributed by atoms with Gasteiger partial charge < -0.3 is 20.4 Å². The van der Waals surface area contributed by atoms with Crippen molar-refractivity contribution in [1.82, 2.24) is 25.3 Å². The van der Waals surface area contributed by atoms with Gasteiger partial charge in [0.2, 0.25) is 11.8 Å². The Morgan fingerprint density at radius 1 is 0.955 bits per heavy atom. The van der Waals surface area contributed by atoms with Gasteiger partial charge >= 0.3 is 0 Å². The number of carbonyl (C=O) groups is 2. The molecule has 0 spiro atoms. The minimum atomic E-state index is -0.620. The Morgan fingerprint density at radius 3 is 2.36 bits per heavy atom. The first-order valence-electron chi connectivity index (χ1n) is 16.9. The predicted octanol–water partition coefficient (Wildman–Crippen LogP) is 4.52. The van der Waals surface area contributed by atoms with Crippen LogP contribution in [0.4, 0.5) is 0 Å². The smallest absolute Gasteiger partial charge is 0.245 e. The van der Waals surface area contributed by atoms with Crippen molar-refractivity contribution in [3.63, 3.8) is 0 Å². The first kappa shape index (κ1) is 31.5. The van der Waals surface area contributed by atoms with Crippen LogP contribution in [0.5, 0.6) is 0 Å². The number of nitrogens with zero attached hydrogens (tertiary/aromatic N) is 3. The molecule has 4 aliphatic rings. The zero-order valence-electron chi connectivity index (χ0n) is 26.5. The third-order valence-electron chi connectivity index (χ3n) is 10.1. The van der Waals surface area contributed by atoms with Crippen LogP contribution in [0.3, 0.4) is 0 Å². The number of carbonyl (C=O) groups excluding carboxylic acids is 2. The Bertz CT molecular complexity index is 1270. The highest BCUT2D eigenvalue weighted by Gasteiger charge is 2.38. The minimum absolute atomic E-state index is 0.0239. The molecular formula is C36H50ClN5O2. The van der Waals surface area contributed by atoms with Crippen molar-refractivity contribution in [2.75, 3.05) is 39.3 Å². The summed E-state index contributed by atoms with van der Waals surface area (Å²) in [5.41, 5.74) is 3.41. The molecule has 0 radical (unpaired) electrons. The zero-order valence-corrected chi connectivity index (χ0v) is 27.3. The molecule has 1 aliphatic carbocycles. The largest absolute Gasteiger partial charge is 0.343 e. The van der Waals surface area contributed by atoms with Gasteiger partial charge in [0.15, 0.2) is 0 Å². The molecule has 3 atom stereocenters. The number of likely N-dealkylation sites (tertiary alicyclic amines) is 2. The van der Waals surface area contributed by atoms with Crippen molar-refractivity contribution >= 4 is 23.4 Å². The van der Waals surface area contributed by atoms with Gasteiger partial charge in [-0.1, -0.05) is 61.8 Å². The third-order valence-corrected chi connectivity index (χ3v) is 10.4.